The number of ether oxygens (including phenoxy) is 2. The van der Waals surface area contributed by atoms with Crippen molar-refractivity contribution in [2.24, 2.45) is 0 Å². The van der Waals surface area contributed by atoms with Crippen LogP contribution in [0.3, 0.4) is 0 Å². The number of esters is 1. The number of benzene rings is 1. The predicted octanol–water partition coefficient (Wildman–Crippen LogP) is 5.90. The van der Waals surface area contributed by atoms with E-state index >= 15 is 0 Å². The minimum atomic E-state index is -0.398. The van der Waals surface area contributed by atoms with Gasteiger partial charge in [-0.2, -0.15) is 0 Å². The number of nitrogens with one attached hydrogen (secondary N) is 1. The average molecular weight is 555 g/mol. The van der Waals surface area contributed by atoms with E-state index in [0.29, 0.717) is 28.1 Å². The molecule has 2 heterocycles. The van der Waals surface area contributed by atoms with Gasteiger partial charge in [0, 0.05) is 11.4 Å². The SMILES string of the molecule is C=CCn1c(COc2cc(C)cc(C)c2)nnc1SCC(=O)Nc1sc2c(c1C(=O)OC)CCCCCC2. The second-order valence-electron chi connectivity index (χ2n) is 9.36. The Morgan fingerprint density at radius 2 is 1.87 bits per heavy atom. The Bertz CT molecular complexity index is 1290. The molecule has 38 heavy (non-hydrogen) atoms. The molecule has 0 saturated heterocycles. The van der Waals surface area contributed by atoms with Gasteiger partial charge in [-0.1, -0.05) is 36.7 Å². The van der Waals surface area contributed by atoms with Crippen molar-refractivity contribution in [1.82, 2.24) is 14.8 Å². The molecule has 1 aromatic carbocycles. The molecular formula is C28H34N4O4S2. The first kappa shape index (κ1) is 27.9. The third-order valence-corrected chi connectivity index (χ3v) is 8.49. The maximum Gasteiger partial charge on any atom is 0.341 e. The third kappa shape index (κ3) is 6.85. The van der Waals surface area contributed by atoms with Crippen LogP contribution in [0.2, 0.25) is 0 Å². The first-order chi connectivity index (χ1) is 18.4. The molecule has 202 valence electrons. The predicted molar refractivity (Wildman–Crippen MR) is 151 cm³/mol. The molecule has 2 aromatic heterocycles. The van der Waals surface area contributed by atoms with E-state index in [0.717, 1.165) is 54.5 Å². The van der Waals surface area contributed by atoms with Gasteiger partial charge >= 0.3 is 5.97 Å². The minimum absolute atomic E-state index is 0.121. The van der Waals surface area contributed by atoms with Gasteiger partial charge in [-0.15, -0.1) is 28.1 Å². The summed E-state index contributed by atoms with van der Waals surface area (Å²) in [5.41, 5.74) is 3.79. The molecule has 0 unspecified atom stereocenters. The van der Waals surface area contributed by atoms with Crippen molar-refractivity contribution in [3.8, 4) is 5.75 Å². The fraction of sp³-hybridized carbons (Fsp3) is 0.429. The molecular weight excluding hydrogens is 520 g/mol. The molecule has 0 saturated carbocycles. The van der Waals surface area contributed by atoms with Crippen molar-refractivity contribution in [1.29, 1.82) is 0 Å². The number of hydrogen-bond acceptors (Lipinski definition) is 8. The molecule has 4 rings (SSSR count). The number of carbonyl (C=O) groups excluding carboxylic acids is 2. The van der Waals surface area contributed by atoms with Gasteiger partial charge in [-0.25, -0.2) is 4.79 Å². The molecule has 3 aromatic rings. The van der Waals surface area contributed by atoms with Crippen LogP contribution >= 0.6 is 23.1 Å². The van der Waals surface area contributed by atoms with Gasteiger partial charge in [-0.3, -0.25) is 9.36 Å². The van der Waals surface area contributed by atoms with Crippen molar-refractivity contribution in [2.75, 3.05) is 18.2 Å². The molecule has 0 bridgehead atoms. The van der Waals surface area contributed by atoms with Crippen LogP contribution in [-0.4, -0.2) is 39.5 Å². The normalized spacial score (nSPS) is 13.2. The number of methoxy groups -OCH3 is 1. The fourth-order valence-electron chi connectivity index (χ4n) is 4.63. The lowest BCUT2D eigenvalue weighted by Gasteiger charge is -2.11. The number of carbonyl (C=O) groups is 2. The maximum absolute atomic E-state index is 13.0. The number of allylic oxidation sites excluding steroid dienone is 1. The lowest BCUT2D eigenvalue weighted by atomic mass is 9.96. The monoisotopic (exact) mass is 554 g/mol. The standard InChI is InChI=1S/C28H34N4O4S2/c1-5-12-32-23(16-36-20-14-18(2)13-19(3)15-20)30-31-28(32)37-17-24(33)29-26-25(27(34)35-4)21-10-8-6-7-9-11-22(21)38-26/h5,13-15H,1,6-12,16-17H2,2-4H3,(H,29,33). The molecule has 8 nitrogen and oxygen atoms in total. The molecule has 0 atom stereocenters. The highest BCUT2D eigenvalue weighted by molar-refractivity contribution is 7.99. The van der Waals surface area contributed by atoms with E-state index in [1.165, 1.54) is 41.5 Å². The molecule has 1 amide bonds. The van der Waals surface area contributed by atoms with Crippen LogP contribution in [-0.2, 0) is 35.5 Å². The number of fused-ring (bicyclic) bond motifs is 1. The van der Waals surface area contributed by atoms with Gasteiger partial charge in [0.05, 0.1) is 18.4 Å². The van der Waals surface area contributed by atoms with E-state index in [1.54, 1.807) is 6.08 Å². The fourth-order valence-corrected chi connectivity index (χ4v) is 6.69. The Morgan fingerprint density at radius 1 is 1.13 bits per heavy atom. The number of nitrogens with zero attached hydrogens (tertiary/aromatic N) is 3. The molecule has 0 radical (unpaired) electrons. The smallest absolute Gasteiger partial charge is 0.341 e. The van der Waals surface area contributed by atoms with Crippen molar-refractivity contribution in [3.63, 3.8) is 0 Å². The Kier molecular flexibility index (Phi) is 9.63. The van der Waals surface area contributed by atoms with E-state index in [2.05, 4.69) is 28.2 Å². The summed E-state index contributed by atoms with van der Waals surface area (Å²) in [4.78, 5) is 26.8. The highest BCUT2D eigenvalue weighted by atomic mass is 32.2. The van der Waals surface area contributed by atoms with Crippen LogP contribution in [0.15, 0.2) is 36.0 Å². The van der Waals surface area contributed by atoms with Crippen LogP contribution < -0.4 is 10.1 Å². The van der Waals surface area contributed by atoms with Crippen molar-refractivity contribution in [3.05, 3.63) is 63.8 Å². The number of thioether (sulfide) groups is 1. The van der Waals surface area contributed by atoms with Crippen LogP contribution in [0.25, 0.3) is 0 Å². The number of aryl methyl sites for hydroxylation is 3. The summed E-state index contributed by atoms with van der Waals surface area (Å²) in [7, 11) is 1.38. The van der Waals surface area contributed by atoms with Crippen LogP contribution in [0, 0.1) is 13.8 Å². The number of hydrogen-bond donors (Lipinski definition) is 1. The second-order valence-corrected chi connectivity index (χ2v) is 11.4. The van der Waals surface area contributed by atoms with Crippen LogP contribution in [0.1, 0.15) is 63.4 Å². The largest absolute Gasteiger partial charge is 0.486 e. The number of anilines is 1. The lowest BCUT2D eigenvalue weighted by molar-refractivity contribution is -0.113. The van der Waals surface area contributed by atoms with Gasteiger partial charge in [0.15, 0.2) is 11.0 Å². The Hall–Kier alpha value is -3.11. The van der Waals surface area contributed by atoms with Crippen LogP contribution in [0.5, 0.6) is 5.75 Å². The number of aromatic nitrogens is 3. The summed E-state index contributed by atoms with van der Waals surface area (Å²) in [5, 5.41) is 12.7. The third-order valence-electron chi connectivity index (χ3n) is 6.31. The van der Waals surface area contributed by atoms with Gasteiger partial charge in [-0.05, 0) is 68.4 Å². The van der Waals surface area contributed by atoms with Gasteiger partial charge in [0.25, 0.3) is 0 Å². The maximum atomic E-state index is 13.0. The zero-order valence-corrected chi connectivity index (χ0v) is 23.8. The molecule has 1 N–H and O–H groups in total. The molecule has 10 heteroatoms. The molecule has 1 aliphatic carbocycles. The topological polar surface area (TPSA) is 95.3 Å². The van der Waals surface area contributed by atoms with E-state index in [4.69, 9.17) is 9.47 Å². The first-order valence-electron chi connectivity index (χ1n) is 12.8. The van der Waals surface area contributed by atoms with E-state index in [1.807, 2.05) is 30.5 Å². The van der Waals surface area contributed by atoms with E-state index in [9.17, 15) is 9.59 Å². The van der Waals surface area contributed by atoms with Crippen molar-refractivity contribution >= 4 is 40.0 Å². The molecule has 0 spiro atoms. The Morgan fingerprint density at radius 3 is 2.58 bits per heavy atom. The summed E-state index contributed by atoms with van der Waals surface area (Å²) >= 11 is 2.78. The Labute approximate surface area is 231 Å². The second kappa shape index (κ2) is 13.1. The zero-order chi connectivity index (χ0) is 27.1. The number of thiophene rings is 1. The molecule has 0 aliphatic heterocycles. The summed E-state index contributed by atoms with van der Waals surface area (Å²) < 4.78 is 12.9. The summed E-state index contributed by atoms with van der Waals surface area (Å²) in [5.74, 6) is 0.936. The quantitative estimate of drug-likeness (QED) is 0.189. The average Bonchev–Trinajstić information content (AvgIpc) is 3.40. The highest BCUT2D eigenvalue weighted by Gasteiger charge is 2.26. The van der Waals surface area contributed by atoms with Crippen molar-refractivity contribution < 1.29 is 19.1 Å². The Balaban J connectivity index is 1.44. The summed E-state index contributed by atoms with van der Waals surface area (Å²) in [6.07, 6.45) is 7.98. The molecule has 1 aliphatic rings. The van der Waals surface area contributed by atoms with Gasteiger partial charge < -0.3 is 14.8 Å². The van der Waals surface area contributed by atoms with E-state index < -0.39 is 5.97 Å². The minimum Gasteiger partial charge on any atom is -0.486 e. The lowest BCUT2D eigenvalue weighted by Crippen LogP contribution is -2.17. The van der Waals surface area contributed by atoms with Gasteiger partial charge in [0.2, 0.25) is 5.91 Å². The highest BCUT2D eigenvalue weighted by Crippen LogP contribution is 2.37. The summed E-state index contributed by atoms with van der Waals surface area (Å²) in [6.45, 7) is 8.64. The zero-order valence-electron chi connectivity index (χ0n) is 22.2. The van der Waals surface area contributed by atoms with Gasteiger partial charge in [0.1, 0.15) is 17.4 Å². The summed E-state index contributed by atoms with van der Waals surface area (Å²) in [6, 6.07) is 6.06. The molecule has 0 fully saturated rings. The number of rotatable bonds is 10. The van der Waals surface area contributed by atoms with Crippen molar-refractivity contribution in [2.45, 2.75) is 70.7 Å². The number of amides is 1. The first-order valence-corrected chi connectivity index (χ1v) is 14.6. The van der Waals surface area contributed by atoms with E-state index in [-0.39, 0.29) is 18.3 Å². The van der Waals surface area contributed by atoms with Crippen LogP contribution in [0.4, 0.5) is 5.00 Å².